The SMILES string of the molecule is Cc1cc(Cl)ccc1C1C[C@H]2CC[C@@H](C1)N2. The van der Waals surface area contributed by atoms with Crippen LogP contribution in [0.3, 0.4) is 0 Å². The summed E-state index contributed by atoms with van der Waals surface area (Å²) in [6, 6.07) is 7.89. The van der Waals surface area contributed by atoms with Crippen molar-refractivity contribution in [1.29, 1.82) is 0 Å². The normalized spacial score (nSPS) is 33.0. The standard InChI is InChI=1S/C14H18ClN/c1-9-6-11(15)2-5-14(9)10-7-12-3-4-13(8-10)16-12/h2,5-6,10,12-13,16H,3-4,7-8H2,1H3/t10?,12-,13+. The van der Waals surface area contributed by atoms with Gasteiger partial charge in [0.05, 0.1) is 0 Å². The zero-order chi connectivity index (χ0) is 11.1. The van der Waals surface area contributed by atoms with E-state index in [4.69, 9.17) is 11.6 Å². The topological polar surface area (TPSA) is 12.0 Å². The van der Waals surface area contributed by atoms with E-state index in [1.54, 1.807) is 0 Å². The second-order valence-corrected chi connectivity index (χ2v) is 5.74. The molecule has 3 atom stereocenters. The van der Waals surface area contributed by atoms with Crippen LogP contribution in [0.2, 0.25) is 5.02 Å². The Balaban J connectivity index is 1.87. The maximum Gasteiger partial charge on any atom is 0.0408 e. The molecule has 2 heteroatoms. The fourth-order valence-corrected chi connectivity index (χ4v) is 3.64. The molecule has 0 amide bonds. The molecule has 0 radical (unpaired) electrons. The van der Waals surface area contributed by atoms with Crippen molar-refractivity contribution >= 4 is 11.6 Å². The minimum absolute atomic E-state index is 0.746. The van der Waals surface area contributed by atoms with Crippen molar-refractivity contribution < 1.29 is 0 Å². The fraction of sp³-hybridized carbons (Fsp3) is 0.571. The Morgan fingerprint density at radius 1 is 1.19 bits per heavy atom. The zero-order valence-corrected chi connectivity index (χ0v) is 10.4. The van der Waals surface area contributed by atoms with Gasteiger partial charge in [0, 0.05) is 17.1 Å². The summed E-state index contributed by atoms with van der Waals surface area (Å²) in [7, 11) is 0. The van der Waals surface area contributed by atoms with Crippen molar-refractivity contribution in [2.75, 3.05) is 0 Å². The molecule has 0 saturated carbocycles. The van der Waals surface area contributed by atoms with E-state index in [-0.39, 0.29) is 0 Å². The van der Waals surface area contributed by atoms with E-state index in [0.717, 1.165) is 23.0 Å². The lowest BCUT2D eigenvalue weighted by molar-refractivity contribution is 0.362. The van der Waals surface area contributed by atoms with Gasteiger partial charge in [0.2, 0.25) is 0 Å². The molecule has 1 nitrogen and oxygen atoms in total. The van der Waals surface area contributed by atoms with E-state index < -0.39 is 0 Å². The Kier molecular flexibility index (Phi) is 2.68. The van der Waals surface area contributed by atoms with Crippen LogP contribution in [-0.2, 0) is 0 Å². The third kappa shape index (κ3) is 1.87. The largest absolute Gasteiger partial charge is 0.311 e. The molecule has 2 bridgehead atoms. The minimum atomic E-state index is 0.746. The number of rotatable bonds is 1. The van der Waals surface area contributed by atoms with Gasteiger partial charge in [-0.25, -0.2) is 0 Å². The van der Waals surface area contributed by atoms with Crippen molar-refractivity contribution in [1.82, 2.24) is 5.32 Å². The molecule has 1 aromatic carbocycles. The summed E-state index contributed by atoms with van der Waals surface area (Å²) in [5.74, 6) is 0.746. The monoisotopic (exact) mass is 235 g/mol. The highest BCUT2D eigenvalue weighted by molar-refractivity contribution is 6.30. The highest BCUT2D eigenvalue weighted by Gasteiger charge is 2.34. The molecule has 1 unspecified atom stereocenters. The maximum atomic E-state index is 6.01. The number of hydrogen-bond donors (Lipinski definition) is 1. The number of hydrogen-bond acceptors (Lipinski definition) is 1. The Morgan fingerprint density at radius 2 is 1.88 bits per heavy atom. The lowest BCUT2D eigenvalue weighted by Gasteiger charge is -2.30. The summed E-state index contributed by atoms with van der Waals surface area (Å²) in [4.78, 5) is 0. The van der Waals surface area contributed by atoms with Crippen molar-refractivity contribution in [3.63, 3.8) is 0 Å². The van der Waals surface area contributed by atoms with Crippen LogP contribution < -0.4 is 5.32 Å². The molecule has 2 heterocycles. The molecular formula is C14H18ClN. The number of benzene rings is 1. The van der Waals surface area contributed by atoms with Crippen LogP contribution >= 0.6 is 11.6 Å². The van der Waals surface area contributed by atoms with E-state index >= 15 is 0 Å². The first kappa shape index (κ1) is 10.6. The Hall–Kier alpha value is -0.530. The van der Waals surface area contributed by atoms with Crippen molar-refractivity contribution in [3.8, 4) is 0 Å². The second-order valence-electron chi connectivity index (χ2n) is 5.31. The summed E-state index contributed by atoms with van der Waals surface area (Å²) in [6.07, 6.45) is 5.35. The summed E-state index contributed by atoms with van der Waals surface area (Å²) in [6.45, 7) is 2.19. The maximum absolute atomic E-state index is 6.01. The summed E-state index contributed by atoms with van der Waals surface area (Å²) in [5, 5.41) is 4.55. The molecule has 2 fully saturated rings. The Labute approximate surface area is 102 Å². The van der Waals surface area contributed by atoms with Gasteiger partial charge in [-0.2, -0.15) is 0 Å². The molecule has 3 rings (SSSR count). The first-order valence-electron chi connectivity index (χ1n) is 6.24. The number of halogens is 1. The first-order valence-corrected chi connectivity index (χ1v) is 6.62. The predicted octanol–water partition coefficient (Wildman–Crippen LogP) is 3.65. The van der Waals surface area contributed by atoms with Gasteiger partial charge in [0.25, 0.3) is 0 Å². The highest BCUT2D eigenvalue weighted by atomic mass is 35.5. The third-order valence-electron chi connectivity index (χ3n) is 4.14. The predicted molar refractivity (Wildman–Crippen MR) is 68.1 cm³/mol. The zero-order valence-electron chi connectivity index (χ0n) is 9.67. The summed E-state index contributed by atoms with van der Waals surface area (Å²) < 4.78 is 0. The molecule has 1 aromatic rings. The van der Waals surface area contributed by atoms with Crippen molar-refractivity contribution in [2.24, 2.45) is 0 Å². The molecular weight excluding hydrogens is 218 g/mol. The highest BCUT2D eigenvalue weighted by Crippen LogP contribution is 2.38. The van der Waals surface area contributed by atoms with Crippen LogP contribution in [0.1, 0.15) is 42.7 Å². The molecule has 0 spiro atoms. The molecule has 16 heavy (non-hydrogen) atoms. The van der Waals surface area contributed by atoms with Gasteiger partial charge in [-0.05, 0) is 61.8 Å². The van der Waals surface area contributed by atoms with Gasteiger partial charge >= 0.3 is 0 Å². The lowest BCUT2D eigenvalue weighted by atomic mass is 9.84. The number of piperidine rings is 1. The average molecular weight is 236 g/mol. The lowest BCUT2D eigenvalue weighted by Crippen LogP contribution is -2.37. The van der Waals surface area contributed by atoms with Gasteiger partial charge in [-0.1, -0.05) is 17.7 Å². The molecule has 0 aromatic heterocycles. The number of nitrogens with one attached hydrogen (secondary N) is 1. The van der Waals surface area contributed by atoms with E-state index in [0.29, 0.717) is 0 Å². The van der Waals surface area contributed by atoms with Crippen LogP contribution in [0.15, 0.2) is 18.2 Å². The van der Waals surface area contributed by atoms with Gasteiger partial charge in [-0.15, -0.1) is 0 Å². The number of fused-ring (bicyclic) bond motifs is 2. The summed E-state index contributed by atoms with van der Waals surface area (Å²) in [5.41, 5.74) is 2.88. The van der Waals surface area contributed by atoms with Crippen LogP contribution in [0.4, 0.5) is 0 Å². The van der Waals surface area contributed by atoms with Gasteiger partial charge in [0.15, 0.2) is 0 Å². The minimum Gasteiger partial charge on any atom is -0.311 e. The van der Waals surface area contributed by atoms with Gasteiger partial charge in [0.1, 0.15) is 0 Å². The van der Waals surface area contributed by atoms with E-state index in [2.05, 4.69) is 24.4 Å². The second kappa shape index (κ2) is 4.05. The Morgan fingerprint density at radius 3 is 2.50 bits per heavy atom. The molecule has 1 N–H and O–H groups in total. The van der Waals surface area contributed by atoms with Crippen LogP contribution in [-0.4, -0.2) is 12.1 Å². The third-order valence-corrected chi connectivity index (χ3v) is 4.38. The van der Waals surface area contributed by atoms with Crippen LogP contribution in [0.5, 0.6) is 0 Å². The molecule has 2 aliphatic heterocycles. The van der Waals surface area contributed by atoms with Crippen LogP contribution in [0.25, 0.3) is 0 Å². The molecule has 0 aliphatic carbocycles. The fourth-order valence-electron chi connectivity index (χ4n) is 3.41. The van der Waals surface area contributed by atoms with Crippen molar-refractivity contribution in [3.05, 3.63) is 34.3 Å². The van der Waals surface area contributed by atoms with Gasteiger partial charge < -0.3 is 5.32 Å². The molecule has 86 valence electrons. The first-order chi connectivity index (χ1) is 7.72. The van der Waals surface area contributed by atoms with Crippen molar-refractivity contribution in [2.45, 2.75) is 50.6 Å². The Bertz CT molecular complexity index is 390. The quantitative estimate of drug-likeness (QED) is 0.784. The van der Waals surface area contributed by atoms with E-state index in [1.165, 1.54) is 36.8 Å². The molecule has 2 aliphatic rings. The van der Waals surface area contributed by atoms with E-state index in [9.17, 15) is 0 Å². The molecule has 2 saturated heterocycles. The smallest absolute Gasteiger partial charge is 0.0408 e. The number of aryl methyl sites for hydroxylation is 1. The van der Waals surface area contributed by atoms with E-state index in [1.807, 2.05) is 6.07 Å². The average Bonchev–Trinajstić information content (AvgIpc) is 2.58. The summed E-state index contributed by atoms with van der Waals surface area (Å²) >= 11 is 6.01. The van der Waals surface area contributed by atoms with Gasteiger partial charge in [-0.3, -0.25) is 0 Å². The van der Waals surface area contributed by atoms with Crippen LogP contribution in [0, 0.1) is 6.92 Å².